The van der Waals surface area contributed by atoms with Gasteiger partial charge in [-0.3, -0.25) is 4.79 Å². The van der Waals surface area contributed by atoms with Gasteiger partial charge in [0.2, 0.25) is 15.9 Å². The minimum Gasteiger partial charge on any atom is -0.273 e. The molecule has 1 aromatic heterocycles. The fourth-order valence-electron chi connectivity index (χ4n) is 1.90. The fraction of sp³-hybridized carbons (Fsp3) is 0.250. The molecule has 1 aromatic carbocycles. The Kier molecular flexibility index (Phi) is 5.87. The van der Waals surface area contributed by atoms with Crippen molar-refractivity contribution in [1.29, 1.82) is 0 Å². The predicted octanol–water partition coefficient (Wildman–Crippen LogP) is 2.08. The number of nitrogens with zero attached hydrogens (tertiary/aromatic N) is 2. The first-order chi connectivity index (χ1) is 11.3. The standard InChI is InChI=1S/C16H19N3O3S2/c1-12(17-18-16(20)11-14-5-4-10-23-14)13-6-8-15(9-7-13)24(21,22)19(2)3/h4-10H,11H2,1-3H3,(H,18,20)/b17-12-. The van der Waals surface area contributed by atoms with Gasteiger partial charge in [0.1, 0.15) is 0 Å². The summed E-state index contributed by atoms with van der Waals surface area (Å²) >= 11 is 1.52. The van der Waals surface area contributed by atoms with Gasteiger partial charge in [-0.15, -0.1) is 11.3 Å². The Labute approximate surface area is 145 Å². The maximum absolute atomic E-state index is 12.0. The van der Waals surface area contributed by atoms with Crippen molar-refractivity contribution in [2.75, 3.05) is 14.1 Å². The minimum absolute atomic E-state index is 0.191. The molecule has 0 aliphatic heterocycles. The molecule has 6 nitrogen and oxygen atoms in total. The molecule has 2 rings (SSSR count). The molecule has 0 atom stereocenters. The second-order valence-corrected chi connectivity index (χ2v) is 8.48. The van der Waals surface area contributed by atoms with Crippen LogP contribution in [-0.2, 0) is 21.2 Å². The van der Waals surface area contributed by atoms with Gasteiger partial charge in [-0.1, -0.05) is 18.2 Å². The molecule has 128 valence electrons. The van der Waals surface area contributed by atoms with Crippen LogP contribution in [0, 0.1) is 0 Å². The average molecular weight is 365 g/mol. The van der Waals surface area contributed by atoms with Crippen LogP contribution in [0.4, 0.5) is 0 Å². The van der Waals surface area contributed by atoms with Crippen molar-refractivity contribution in [2.24, 2.45) is 5.10 Å². The Bertz CT molecular complexity index is 824. The third-order valence-electron chi connectivity index (χ3n) is 3.31. The van der Waals surface area contributed by atoms with E-state index in [1.165, 1.54) is 37.6 Å². The van der Waals surface area contributed by atoms with E-state index in [4.69, 9.17) is 0 Å². The van der Waals surface area contributed by atoms with Crippen LogP contribution >= 0.6 is 11.3 Å². The Morgan fingerprint density at radius 1 is 1.21 bits per heavy atom. The van der Waals surface area contributed by atoms with Crippen LogP contribution in [0.25, 0.3) is 0 Å². The monoisotopic (exact) mass is 365 g/mol. The summed E-state index contributed by atoms with van der Waals surface area (Å²) in [6, 6.07) is 10.2. The summed E-state index contributed by atoms with van der Waals surface area (Å²) in [5.41, 5.74) is 3.85. The summed E-state index contributed by atoms with van der Waals surface area (Å²) in [7, 11) is -0.479. The molecule has 24 heavy (non-hydrogen) atoms. The molecule has 0 aliphatic carbocycles. The van der Waals surface area contributed by atoms with Crippen LogP contribution in [0.1, 0.15) is 17.4 Å². The van der Waals surface area contributed by atoms with Crippen molar-refractivity contribution in [3.63, 3.8) is 0 Å². The third kappa shape index (κ3) is 4.50. The second-order valence-electron chi connectivity index (χ2n) is 5.30. The van der Waals surface area contributed by atoms with Crippen molar-refractivity contribution < 1.29 is 13.2 Å². The molecular formula is C16H19N3O3S2. The molecule has 0 aliphatic rings. The normalized spacial score (nSPS) is 12.4. The number of carbonyl (C=O) groups excluding carboxylic acids is 1. The Morgan fingerprint density at radius 3 is 2.42 bits per heavy atom. The first kappa shape index (κ1) is 18.3. The smallest absolute Gasteiger partial charge is 0.245 e. The lowest BCUT2D eigenvalue weighted by atomic mass is 10.1. The first-order valence-corrected chi connectivity index (χ1v) is 9.51. The van der Waals surface area contributed by atoms with E-state index in [9.17, 15) is 13.2 Å². The zero-order valence-electron chi connectivity index (χ0n) is 13.7. The molecule has 2 aromatic rings. The highest BCUT2D eigenvalue weighted by Gasteiger charge is 2.16. The van der Waals surface area contributed by atoms with Crippen LogP contribution in [0.5, 0.6) is 0 Å². The number of hydrogen-bond acceptors (Lipinski definition) is 5. The molecule has 0 radical (unpaired) electrons. The molecule has 0 spiro atoms. The van der Waals surface area contributed by atoms with E-state index in [1.54, 1.807) is 19.1 Å². The summed E-state index contributed by atoms with van der Waals surface area (Å²) in [6.45, 7) is 1.75. The van der Waals surface area contributed by atoms with Gasteiger partial charge in [0.05, 0.1) is 17.0 Å². The molecule has 1 amide bonds. The summed E-state index contributed by atoms with van der Waals surface area (Å²) in [5, 5.41) is 5.98. The minimum atomic E-state index is -3.45. The molecule has 8 heteroatoms. The molecule has 0 bridgehead atoms. The third-order valence-corrected chi connectivity index (χ3v) is 6.02. The maximum atomic E-state index is 12.0. The van der Waals surface area contributed by atoms with Crippen LogP contribution < -0.4 is 5.43 Å². The van der Waals surface area contributed by atoms with Gasteiger partial charge in [-0.25, -0.2) is 18.1 Å². The number of hydrazone groups is 1. The topological polar surface area (TPSA) is 78.8 Å². The maximum Gasteiger partial charge on any atom is 0.245 e. The van der Waals surface area contributed by atoms with Gasteiger partial charge in [-0.2, -0.15) is 5.10 Å². The van der Waals surface area contributed by atoms with E-state index >= 15 is 0 Å². The summed E-state index contributed by atoms with van der Waals surface area (Å²) in [4.78, 5) is 13.0. The van der Waals surface area contributed by atoms with Crippen molar-refractivity contribution in [3.05, 3.63) is 52.2 Å². The lowest BCUT2D eigenvalue weighted by Crippen LogP contribution is -2.22. The van der Waals surface area contributed by atoms with Crippen molar-refractivity contribution >= 4 is 33.0 Å². The van der Waals surface area contributed by atoms with Crippen molar-refractivity contribution in [2.45, 2.75) is 18.2 Å². The average Bonchev–Trinajstić information content (AvgIpc) is 3.05. The molecular weight excluding hydrogens is 346 g/mol. The Balaban J connectivity index is 2.04. The predicted molar refractivity (Wildman–Crippen MR) is 95.7 cm³/mol. The van der Waals surface area contributed by atoms with Gasteiger partial charge in [0, 0.05) is 19.0 Å². The van der Waals surface area contributed by atoms with Crippen molar-refractivity contribution in [3.8, 4) is 0 Å². The van der Waals surface area contributed by atoms with Gasteiger partial charge in [0.25, 0.3) is 0 Å². The van der Waals surface area contributed by atoms with Crippen LogP contribution in [-0.4, -0.2) is 38.4 Å². The number of thiophene rings is 1. The van der Waals surface area contributed by atoms with Gasteiger partial charge in [-0.05, 0) is 36.1 Å². The largest absolute Gasteiger partial charge is 0.273 e. The number of sulfonamides is 1. The highest BCUT2D eigenvalue weighted by Crippen LogP contribution is 2.14. The Morgan fingerprint density at radius 2 is 1.88 bits per heavy atom. The first-order valence-electron chi connectivity index (χ1n) is 7.19. The molecule has 1 N–H and O–H groups in total. The van der Waals surface area contributed by atoms with E-state index in [0.717, 1.165) is 14.7 Å². The lowest BCUT2D eigenvalue weighted by molar-refractivity contribution is -0.120. The van der Waals surface area contributed by atoms with E-state index in [1.807, 2.05) is 17.5 Å². The number of nitrogens with one attached hydrogen (secondary N) is 1. The van der Waals surface area contributed by atoms with E-state index < -0.39 is 10.0 Å². The number of hydrogen-bond donors (Lipinski definition) is 1. The summed E-state index contributed by atoms with van der Waals surface area (Å²) < 4.78 is 25.2. The molecule has 0 saturated heterocycles. The SMILES string of the molecule is C/C(=N/NC(=O)Cc1cccs1)c1ccc(S(=O)(=O)N(C)C)cc1. The van der Waals surface area contributed by atoms with E-state index in [2.05, 4.69) is 10.5 Å². The highest BCUT2D eigenvalue weighted by molar-refractivity contribution is 7.89. The second kappa shape index (κ2) is 7.69. The quantitative estimate of drug-likeness (QED) is 0.629. The summed E-state index contributed by atoms with van der Waals surface area (Å²) in [6.07, 6.45) is 0.286. The van der Waals surface area contributed by atoms with E-state index in [-0.39, 0.29) is 17.2 Å². The molecule has 0 saturated carbocycles. The number of benzene rings is 1. The lowest BCUT2D eigenvalue weighted by Gasteiger charge is -2.11. The van der Waals surface area contributed by atoms with Crippen LogP contribution in [0.15, 0.2) is 51.8 Å². The zero-order chi connectivity index (χ0) is 17.7. The highest BCUT2D eigenvalue weighted by atomic mass is 32.2. The molecule has 0 fully saturated rings. The molecule has 1 heterocycles. The van der Waals surface area contributed by atoms with Crippen LogP contribution in [0.2, 0.25) is 0 Å². The van der Waals surface area contributed by atoms with Crippen molar-refractivity contribution in [1.82, 2.24) is 9.73 Å². The molecule has 0 unspecified atom stereocenters. The van der Waals surface area contributed by atoms with Crippen LogP contribution in [0.3, 0.4) is 0 Å². The number of rotatable bonds is 6. The van der Waals surface area contributed by atoms with Gasteiger partial charge < -0.3 is 0 Å². The number of carbonyl (C=O) groups is 1. The number of amides is 1. The van der Waals surface area contributed by atoms with E-state index in [0.29, 0.717) is 5.71 Å². The zero-order valence-corrected chi connectivity index (χ0v) is 15.3. The van der Waals surface area contributed by atoms with Gasteiger partial charge >= 0.3 is 0 Å². The summed E-state index contributed by atoms with van der Waals surface area (Å²) in [5.74, 6) is -0.191. The Hall–Kier alpha value is -2.03. The fourth-order valence-corrected chi connectivity index (χ4v) is 3.51. The van der Waals surface area contributed by atoms with Gasteiger partial charge in [0.15, 0.2) is 0 Å².